The van der Waals surface area contributed by atoms with Gasteiger partial charge < -0.3 is 15.3 Å². The number of anilines is 1. The maximum absolute atomic E-state index is 12.2. The van der Waals surface area contributed by atoms with Gasteiger partial charge in [-0.3, -0.25) is 0 Å². The molecule has 0 heterocycles. The Morgan fingerprint density at radius 1 is 1.05 bits per heavy atom. The number of nitrogens with one attached hydrogen (secondary N) is 1. The number of hydrogen-bond donors (Lipinski definition) is 2. The molecule has 110 valence electrons. The van der Waals surface area contributed by atoms with Crippen molar-refractivity contribution in [1.29, 1.82) is 0 Å². The van der Waals surface area contributed by atoms with Crippen LogP contribution >= 0.6 is 0 Å². The van der Waals surface area contributed by atoms with Gasteiger partial charge in [-0.2, -0.15) is 0 Å². The quantitative estimate of drug-likeness (QED) is 0.905. The Morgan fingerprint density at radius 3 is 2.14 bits per heavy atom. The fraction of sp³-hybridized carbons (Fsp3) is 0.235. The number of para-hydroxylation sites is 1. The highest BCUT2D eigenvalue weighted by molar-refractivity contribution is 5.89. The minimum absolute atomic E-state index is 0.247. The van der Waals surface area contributed by atoms with Crippen LogP contribution in [0.3, 0.4) is 0 Å². The van der Waals surface area contributed by atoms with Crippen LogP contribution in [-0.2, 0) is 0 Å². The van der Waals surface area contributed by atoms with Gasteiger partial charge in [-0.25, -0.2) is 4.79 Å². The van der Waals surface area contributed by atoms with E-state index in [0.717, 1.165) is 11.3 Å². The Labute approximate surface area is 125 Å². The van der Waals surface area contributed by atoms with Gasteiger partial charge in [-0.1, -0.05) is 48.5 Å². The van der Waals surface area contributed by atoms with E-state index in [-0.39, 0.29) is 12.1 Å². The highest BCUT2D eigenvalue weighted by Crippen LogP contribution is 2.20. The molecule has 0 aliphatic heterocycles. The van der Waals surface area contributed by atoms with Crippen molar-refractivity contribution in [2.75, 3.05) is 12.4 Å². The molecule has 4 nitrogen and oxygen atoms in total. The third kappa shape index (κ3) is 3.83. The zero-order valence-electron chi connectivity index (χ0n) is 12.2. The Morgan fingerprint density at radius 2 is 1.57 bits per heavy atom. The van der Waals surface area contributed by atoms with E-state index in [1.54, 1.807) is 7.05 Å². The molecule has 2 rings (SSSR count). The lowest BCUT2D eigenvalue weighted by atomic mass is 10.0. The van der Waals surface area contributed by atoms with Crippen LogP contribution in [0.4, 0.5) is 10.5 Å². The van der Waals surface area contributed by atoms with E-state index >= 15 is 0 Å². The lowest BCUT2D eigenvalue weighted by Crippen LogP contribution is -2.41. The number of carbonyl (C=O) groups is 1. The van der Waals surface area contributed by atoms with Crippen LogP contribution in [0.25, 0.3) is 0 Å². The third-order valence-corrected chi connectivity index (χ3v) is 3.55. The molecule has 4 heteroatoms. The molecule has 21 heavy (non-hydrogen) atoms. The van der Waals surface area contributed by atoms with Gasteiger partial charge in [0, 0.05) is 12.7 Å². The highest BCUT2D eigenvalue weighted by atomic mass is 16.3. The summed E-state index contributed by atoms with van der Waals surface area (Å²) in [6.45, 7) is 1.82. The Bertz CT molecular complexity index is 572. The van der Waals surface area contributed by atoms with Gasteiger partial charge in [-0.05, 0) is 24.6 Å². The van der Waals surface area contributed by atoms with Gasteiger partial charge in [-0.15, -0.1) is 0 Å². The monoisotopic (exact) mass is 284 g/mol. The normalized spacial score (nSPS) is 13.3. The van der Waals surface area contributed by atoms with Crippen molar-refractivity contribution in [1.82, 2.24) is 4.90 Å². The van der Waals surface area contributed by atoms with E-state index in [1.807, 2.05) is 67.6 Å². The fourth-order valence-corrected chi connectivity index (χ4v) is 2.06. The predicted molar refractivity (Wildman–Crippen MR) is 84.1 cm³/mol. The minimum Gasteiger partial charge on any atom is -0.386 e. The average molecular weight is 284 g/mol. The largest absolute Gasteiger partial charge is 0.386 e. The van der Waals surface area contributed by atoms with Gasteiger partial charge >= 0.3 is 6.03 Å². The number of rotatable bonds is 4. The van der Waals surface area contributed by atoms with Gasteiger partial charge in [0.2, 0.25) is 0 Å². The first-order chi connectivity index (χ1) is 10.1. The van der Waals surface area contributed by atoms with Crippen LogP contribution in [0.5, 0.6) is 0 Å². The predicted octanol–water partition coefficient (Wildman–Crippen LogP) is 3.27. The van der Waals surface area contributed by atoms with Gasteiger partial charge in [0.15, 0.2) is 0 Å². The molecule has 0 saturated heterocycles. The molecule has 2 aromatic carbocycles. The molecule has 2 N–H and O–H groups in total. The van der Waals surface area contributed by atoms with Crippen molar-refractivity contribution in [3.63, 3.8) is 0 Å². The smallest absolute Gasteiger partial charge is 0.321 e. The number of aliphatic hydroxyl groups excluding tert-OH is 1. The first-order valence-corrected chi connectivity index (χ1v) is 6.91. The highest BCUT2D eigenvalue weighted by Gasteiger charge is 2.23. The standard InChI is InChI=1S/C17H20N2O2/c1-13(16(20)14-9-5-3-6-10-14)19(2)17(21)18-15-11-7-4-8-12-15/h3-13,16,20H,1-2H3,(H,18,21)/t13-,16-/m0/s1. The van der Waals surface area contributed by atoms with Crippen molar-refractivity contribution >= 4 is 11.7 Å². The molecule has 0 aromatic heterocycles. The summed E-state index contributed by atoms with van der Waals surface area (Å²) >= 11 is 0. The minimum atomic E-state index is -0.724. The van der Waals surface area contributed by atoms with Gasteiger partial charge in [0.05, 0.1) is 12.1 Å². The maximum atomic E-state index is 12.2. The third-order valence-electron chi connectivity index (χ3n) is 3.55. The van der Waals surface area contributed by atoms with Crippen molar-refractivity contribution in [2.24, 2.45) is 0 Å². The van der Waals surface area contributed by atoms with Crippen LogP contribution < -0.4 is 5.32 Å². The average Bonchev–Trinajstić information content (AvgIpc) is 2.54. The number of likely N-dealkylation sites (N-methyl/N-ethyl adjacent to an activating group) is 1. The fourth-order valence-electron chi connectivity index (χ4n) is 2.06. The van der Waals surface area contributed by atoms with Gasteiger partial charge in [0.1, 0.15) is 0 Å². The van der Waals surface area contributed by atoms with Crippen LogP contribution in [0.2, 0.25) is 0 Å². The van der Waals surface area contributed by atoms with Crippen molar-refractivity contribution in [3.05, 3.63) is 66.2 Å². The van der Waals surface area contributed by atoms with E-state index in [4.69, 9.17) is 0 Å². The van der Waals surface area contributed by atoms with E-state index in [9.17, 15) is 9.90 Å². The lowest BCUT2D eigenvalue weighted by molar-refractivity contribution is 0.0894. The van der Waals surface area contributed by atoms with E-state index < -0.39 is 6.10 Å². The molecule has 0 bridgehead atoms. The molecule has 2 aromatic rings. The van der Waals surface area contributed by atoms with E-state index in [2.05, 4.69) is 5.32 Å². The molecule has 0 unspecified atom stereocenters. The molecule has 2 atom stereocenters. The summed E-state index contributed by atoms with van der Waals surface area (Å²) in [7, 11) is 1.68. The first-order valence-electron chi connectivity index (χ1n) is 6.91. The zero-order valence-corrected chi connectivity index (χ0v) is 12.2. The van der Waals surface area contributed by atoms with Crippen LogP contribution in [0.15, 0.2) is 60.7 Å². The lowest BCUT2D eigenvalue weighted by Gasteiger charge is -2.29. The van der Waals surface area contributed by atoms with Gasteiger partial charge in [0.25, 0.3) is 0 Å². The van der Waals surface area contributed by atoms with Crippen molar-refractivity contribution in [3.8, 4) is 0 Å². The summed E-state index contributed by atoms with van der Waals surface area (Å²) in [6.07, 6.45) is -0.724. The Hall–Kier alpha value is -2.33. The zero-order chi connectivity index (χ0) is 15.2. The molecule has 0 spiro atoms. The number of benzene rings is 2. The second kappa shape index (κ2) is 6.90. The molecule has 0 saturated carbocycles. The molecule has 0 aliphatic rings. The topological polar surface area (TPSA) is 52.6 Å². The first kappa shape index (κ1) is 15.1. The molecular formula is C17H20N2O2. The molecule has 0 fully saturated rings. The Kier molecular flexibility index (Phi) is 4.95. The summed E-state index contributed by atoms with van der Waals surface area (Å²) in [4.78, 5) is 13.7. The van der Waals surface area contributed by atoms with E-state index in [0.29, 0.717) is 0 Å². The summed E-state index contributed by atoms with van der Waals surface area (Å²) in [5.74, 6) is 0. The second-order valence-electron chi connectivity index (χ2n) is 5.00. The van der Waals surface area contributed by atoms with Crippen molar-refractivity contribution < 1.29 is 9.90 Å². The SMILES string of the molecule is C[C@@H]([C@H](O)c1ccccc1)N(C)C(=O)Nc1ccccc1. The van der Waals surface area contributed by atoms with E-state index in [1.165, 1.54) is 4.90 Å². The van der Waals surface area contributed by atoms with Crippen LogP contribution in [0.1, 0.15) is 18.6 Å². The summed E-state index contributed by atoms with van der Waals surface area (Å²) < 4.78 is 0. The summed E-state index contributed by atoms with van der Waals surface area (Å²) in [6, 6.07) is 18.0. The Balaban J connectivity index is 2.01. The maximum Gasteiger partial charge on any atom is 0.321 e. The summed E-state index contributed by atoms with van der Waals surface area (Å²) in [5.41, 5.74) is 1.53. The number of carbonyl (C=O) groups excluding carboxylic acids is 1. The number of urea groups is 1. The van der Waals surface area contributed by atoms with Crippen LogP contribution in [-0.4, -0.2) is 29.1 Å². The molecule has 0 aliphatic carbocycles. The molecule has 0 radical (unpaired) electrons. The number of amides is 2. The number of nitrogens with zero attached hydrogens (tertiary/aromatic N) is 1. The molecule has 2 amide bonds. The van der Waals surface area contributed by atoms with Crippen LogP contribution in [0, 0.1) is 0 Å². The number of hydrogen-bond acceptors (Lipinski definition) is 2. The number of aliphatic hydroxyl groups is 1. The van der Waals surface area contributed by atoms with Crippen molar-refractivity contribution in [2.45, 2.75) is 19.1 Å². The molecular weight excluding hydrogens is 264 g/mol. The summed E-state index contributed by atoms with van der Waals surface area (Å²) in [5, 5.41) is 13.2. The second-order valence-corrected chi connectivity index (χ2v) is 5.00.